The number of rotatable bonds is 8. The van der Waals surface area contributed by atoms with Crippen LogP contribution in [0.1, 0.15) is 23.9 Å². The highest BCUT2D eigenvalue weighted by Gasteiger charge is 2.06. The Bertz CT molecular complexity index is 968. The van der Waals surface area contributed by atoms with Gasteiger partial charge in [0.05, 0.1) is 6.54 Å². The molecular formula is C23H28ClN5O. The predicted octanol–water partition coefficient (Wildman–Crippen LogP) is 4.03. The highest BCUT2D eigenvalue weighted by Crippen LogP contribution is 2.16. The molecule has 0 saturated heterocycles. The van der Waals surface area contributed by atoms with Crippen LogP contribution in [0.3, 0.4) is 0 Å². The van der Waals surface area contributed by atoms with E-state index >= 15 is 0 Å². The lowest BCUT2D eigenvalue weighted by Gasteiger charge is -2.18. The van der Waals surface area contributed by atoms with Crippen LogP contribution in [0.25, 0.3) is 0 Å². The van der Waals surface area contributed by atoms with Crippen molar-refractivity contribution in [2.45, 2.75) is 33.0 Å². The molecule has 6 nitrogen and oxygen atoms in total. The molecule has 0 bridgehead atoms. The minimum atomic E-state index is -0.0218. The smallest absolute Gasteiger partial charge is 0.191 e. The number of benzene rings is 2. The normalized spacial score (nSPS) is 12.5. The van der Waals surface area contributed by atoms with Crippen molar-refractivity contribution in [3.8, 4) is 5.75 Å². The van der Waals surface area contributed by atoms with Crippen molar-refractivity contribution >= 4 is 17.6 Å². The van der Waals surface area contributed by atoms with Gasteiger partial charge in [0.15, 0.2) is 5.96 Å². The van der Waals surface area contributed by atoms with Crippen molar-refractivity contribution in [1.82, 2.24) is 20.2 Å². The Morgan fingerprint density at radius 2 is 1.93 bits per heavy atom. The lowest BCUT2D eigenvalue weighted by Crippen LogP contribution is -2.41. The Kier molecular flexibility index (Phi) is 7.74. The topological polar surface area (TPSA) is 63.5 Å². The first-order chi connectivity index (χ1) is 14.5. The molecule has 0 fully saturated rings. The number of nitrogens with zero attached hydrogens (tertiary/aromatic N) is 3. The molecule has 0 aliphatic carbocycles. The molecule has 7 heteroatoms. The summed E-state index contributed by atoms with van der Waals surface area (Å²) in [6, 6.07) is 15.9. The zero-order chi connectivity index (χ0) is 21.3. The van der Waals surface area contributed by atoms with Gasteiger partial charge >= 0.3 is 0 Å². The van der Waals surface area contributed by atoms with E-state index in [1.165, 1.54) is 11.1 Å². The number of hydrogen-bond donors (Lipinski definition) is 2. The second kappa shape index (κ2) is 10.7. The average Bonchev–Trinajstić information content (AvgIpc) is 3.14. The molecule has 0 aliphatic heterocycles. The van der Waals surface area contributed by atoms with Crippen LogP contribution in [-0.2, 0) is 13.1 Å². The Labute approximate surface area is 183 Å². The Hall–Kier alpha value is -2.99. The van der Waals surface area contributed by atoms with Crippen LogP contribution in [0, 0.1) is 6.92 Å². The first kappa shape index (κ1) is 21.7. The Balaban J connectivity index is 1.47. The molecule has 2 N–H and O–H groups in total. The summed E-state index contributed by atoms with van der Waals surface area (Å²) in [7, 11) is 1.76. The molecule has 158 valence electrons. The van der Waals surface area contributed by atoms with Crippen molar-refractivity contribution in [3.63, 3.8) is 0 Å². The predicted molar refractivity (Wildman–Crippen MR) is 122 cm³/mol. The van der Waals surface area contributed by atoms with Crippen molar-refractivity contribution < 1.29 is 4.74 Å². The van der Waals surface area contributed by atoms with E-state index in [1.807, 2.05) is 50.5 Å². The van der Waals surface area contributed by atoms with Gasteiger partial charge in [-0.3, -0.25) is 4.99 Å². The number of guanidine groups is 1. The molecule has 1 heterocycles. The van der Waals surface area contributed by atoms with Crippen LogP contribution < -0.4 is 15.4 Å². The fourth-order valence-electron chi connectivity index (χ4n) is 3.04. The lowest BCUT2D eigenvalue weighted by atomic mass is 10.1. The SMILES string of the molecule is CN=C(NCc1cccc(Cn2ccnc2C)c1)NCC(C)Oc1ccc(Cl)cc1. The minimum Gasteiger partial charge on any atom is -0.489 e. The van der Waals surface area contributed by atoms with Crippen molar-refractivity contribution in [3.05, 3.63) is 82.9 Å². The molecular weight excluding hydrogens is 398 g/mol. The fourth-order valence-corrected chi connectivity index (χ4v) is 3.17. The fraction of sp³-hybridized carbons (Fsp3) is 0.304. The van der Waals surface area contributed by atoms with Crippen LogP contribution in [0.4, 0.5) is 0 Å². The second-order valence-corrected chi connectivity index (χ2v) is 7.55. The van der Waals surface area contributed by atoms with Crippen LogP contribution in [0.2, 0.25) is 5.02 Å². The molecule has 0 radical (unpaired) electrons. The first-order valence-electron chi connectivity index (χ1n) is 9.96. The quantitative estimate of drug-likeness (QED) is 0.422. The molecule has 0 amide bonds. The Morgan fingerprint density at radius 1 is 1.17 bits per heavy atom. The molecule has 3 aromatic rings. The molecule has 0 saturated carbocycles. The summed E-state index contributed by atoms with van der Waals surface area (Å²) in [5, 5.41) is 7.36. The molecule has 0 aliphatic rings. The first-order valence-corrected chi connectivity index (χ1v) is 10.3. The molecule has 1 unspecified atom stereocenters. The summed E-state index contributed by atoms with van der Waals surface area (Å²) in [6.45, 7) is 6.15. The van der Waals surface area contributed by atoms with Gasteiger partial charge in [0, 0.05) is 37.6 Å². The van der Waals surface area contributed by atoms with Crippen LogP contribution >= 0.6 is 11.6 Å². The van der Waals surface area contributed by atoms with Crippen LogP contribution in [-0.4, -0.2) is 35.2 Å². The van der Waals surface area contributed by atoms with Gasteiger partial charge in [-0.15, -0.1) is 0 Å². The summed E-state index contributed by atoms with van der Waals surface area (Å²) in [5.41, 5.74) is 2.43. The summed E-state index contributed by atoms with van der Waals surface area (Å²) >= 11 is 5.91. The summed E-state index contributed by atoms with van der Waals surface area (Å²) in [6.07, 6.45) is 3.80. The van der Waals surface area contributed by atoms with Gasteiger partial charge in [0.25, 0.3) is 0 Å². The number of hydrogen-bond acceptors (Lipinski definition) is 3. The van der Waals surface area contributed by atoms with Gasteiger partial charge in [0.1, 0.15) is 17.7 Å². The van der Waals surface area contributed by atoms with Gasteiger partial charge in [-0.1, -0.05) is 35.9 Å². The summed E-state index contributed by atoms with van der Waals surface area (Å²) in [4.78, 5) is 8.58. The van der Waals surface area contributed by atoms with E-state index in [-0.39, 0.29) is 6.10 Å². The third-order valence-electron chi connectivity index (χ3n) is 4.66. The number of halogens is 1. The van der Waals surface area contributed by atoms with E-state index in [2.05, 4.69) is 49.4 Å². The molecule has 2 aromatic carbocycles. The van der Waals surface area contributed by atoms with Gasteiger partial charge in [-0.2, -0.15) is 0 Å². The third-order valence-corrected chi connectivity index (χ3v) is 4.91. The summed E-state index contributed by atoms with van der Waals surface area (Å²) < 4.78 is 8.02. The zero-order valence-corrected chi connectivity index (χ0v) is 18.4. The molecule has 1 atom stereocenters. The highest BCUT2D eigenvalue weighted by atomic mass is 35.5. The van der Waals surface area contributed by atoms with Crippen LogP contribution in [0.5, 0.6) is 5.75 Å². The average molecular weight is 426 g/mol. The zero-order valence-electron chi connectivity index (χ0n) is 17.6. The maximum atomic E-state index is 5.91. The Morgan fingerprint density at radius 3 is 2.63 bits per heavy atom. The van der Waals surface area contributed by atoms with Crippen molar-refractivity contribution in [2.75, 3.05) is 13.6 Å². The third kappa shape index (κ3) is 6.52. The number of aromatic nitrogens is 2. The van der Waals surface area contributed by atoms with Gasteiger partial charge in [-0.25, -0.2) is 4.98 Å². The van der Waals surface area contributed by atoms with E-state index in [1.54, 1.807) is 7.05 Å². The number of aryl methyl sites for hydroxylation is 1. The molecule has 0 spiro atoms. The van der Waals surface area contributed by atoms with Gasteiger partial charge < -0.3 is 19.9 Å². The van der Waals surface area contributed by atoms with Crippen molar-refractivity contribution in [1.29, 1.82) is 0 Å². The van der Waals surface area contributed by atoms with E-state index in [0.29, 0.717) is 18.1 Å². The standard InChI is InChI=1S/C23H28ClN5O/c1-17(30-22-9-7-21(24)8-10-22)14-27-23(25-3)28-15-19-5-4-6-20(13-19)16-29-12-11-26-18(29)2/h4-13,17H,14-16H2,1-3H3,(H2,25,27,28). The maximum Gasteiger partial charge on any atom is 0.191 e. The highest BCUT2D eigenvalue weighted by molar-refractivity contribution is 6.30. The van der Waals surface area contributed by atoms with Gasteiger partial charge in [0.2, 0.25) is 0 Å². The van der Waals surface area contributed by atoms with E-state index in [0.717, 1.165) is 24.1 Å². The van der Waals surface area contributed by atoms with E-state index in [4.69, 9.17) is 16.3 Å². The van der Waals surface area contributed by atoms with Gasteiger partial charge in [-0.05, 0) is 49.2 Å². The van der Waals surface area contributed by atoms with Crippen LogP contribution in [0.15, 0.2) is 65.9 Å². The monoisotopic (exact) mass is 425 g/mol. The second-order valence-electron chi connectivity index (χ2n) is 7.11. The van der Waals surface area contributed by atoms with E-state index < -0.39 is 0 Å². The van der Waals surface area contributed by atoms with E-state index in [9.17, 15) is 0 Å². The lowest BCUT2D eigenvalue weighted by molar-refractivity contribution is 0.224. The van der Waals surface area contributed by atoms with Crippen molar-refractivity contribution in [2.24, 2.45) is 4.99 Å². The molecule has 1 aromatic heterocycles. The molecule has 3 rings (SSSR count). The number of nitrogens with one attached hydrogen (secondary N) is 2. The number of ether oxygens (including phenoxy) is 1. The largest absolute Gasteiger partial charge is 0.489 e. The number of imidazole rings is 1. The number of aliphatic imine (C=N–C) groups is 1. The maximum absolute atomic E-state index is 5.91. The molecule has 30 heavy (non-hydrogen) atoms. The summed E-state index contributed by atoms with van der Waals surface area (Å²) in [5.74, 6) is 2.54. The minimum absolute atomic E-state index is 0.0218.